The van der Waals surface area contributed by atoms with Crippen LogP contribution >= 0.6 is 0 Å². The topological polar surface area (TPSA) is 35.2 Å². The van der Waals surface area contributed by atoms with E-state index < -0.39 is 0 Å². The Kier molecular flexibility index (Phi) is 6.26. The van der Waals surface area contributed by atoms with Crippen molar-refractivity contribution in [3.05, 3.63) is 138 Å². The monoisotopic (exact) mass is 393 g/mol. The smallest absolute Gasteiger partial charge is 0.119 e. The maximum atomic E-state index is 6.18. The Balaban J connectivity index is 1.72. The summed E-state index contributed by atoms with van der Waals surface area (Å²) in [5, 5.41) is 0. The quantitative estimate of drug-likeness (QED) is 0.376. The van der Waals surface area contributed by atoms with Crippen LogP contribution in [0.5, 0.6) is 5.75 Å². The molecule has 0 atom stereocenters. The average molecular weight is 394 g/mol. The van der Waals surface area contributed by atoms with Crippen LogP contribution in [0, 0.1) is 0 Å². The van der Waals surface area contributed by atoms with Crippen molar-refractivity contribution in [2.75, 3.05) is 6.61 Å². The Labute approximate surface area is 179 Å². The van der Waals surface area contributed by atoms with Gasteiger partial charge >= 0.3 is 0 Å². The molecule has 4 aromatic carbocycles. The van der Waals surface area contributed by atoms with Crippen LogP contribution in [0.25, 0.3) is 0 Å². The van der Waals surface area contributed by atoms with Crippen molar-refractivity contribution in [2.24, 2.45) is 5.73 Å². The zero-order valence-electron chi connectivity index (χ0n) is 17.1. The van der Waals surface area contributed by atoms with Crippen LogP contribution in [0.2, 0.25) is 0 Å². The van der Waals surface area contributed by atoms with E-state index in [1.165, 1.54) is 16.7 Å². The van der Waals surface area contributed by atoms with Crippen molar-refractivity contribution in [1.82, 2.24) is 0 Å². The normalized spacial score (nSPS) is 11.2. The summed E-state index contributed by atoms with van der Waals surface area (Å²) in [5.41, 5.74) is 10.3. The highest BCUT2D eigenvalue weighted by Gasteiger charge is 2.36. The molecule has 30 heavy (non-hydrogen) atoms. The molecule has 4 rings (SSSR count). The molecule has 0 bridgehead atoms. The van der Waals surface area contributed by atoms with Gasteiger partial charge in [-0.25, -0.2) is 0 Å². The number of nitrogens with two attached hydrogens (primary N) is 1. The molecule has 0 spiro atoms. The van der Waals surface area contributed by atoms with Crippen molar-refractivity contribution < 1.29 is 4.74 Å². The van der Waals surface area contributed by atoms with Gasteiger partial charge in [-0.2, -0.15) is 0 Å². The predicted molar refractivity (Wildman–Crippen MR) is 124 cm³/mol. The summed E-state index contributed by atoms with van der Waals surface area (Å²) in [5.74, 6) is 0.871. The molecule has 0 radical (unpaired) electrons. The van der Waals surface area contributed by atoms with Crippen molar-refractivity contribution in [2.45, 2.75) is 18.4 Å². The highest BCUT2D eigenvalue weighted by atomic mass is 16.5. The number of hydrogen-bond donors (Lipinski definition) is 1. The predicted octanol–water partition coefficient (Wildman–Crippen LogP) is 5.95. The van der Waals surface area contributed by atoms with Gasteiger partial charge in [-0.15, -0.1) is 0 Å². The molecular weight excluding hydrogens is 366 g/mol. The maximum Gasteiger partial charge on any atom is 0.119 e. The minimum absolute atomic E-state index is 0.291. The van der Waals surface area contributed by atoms with Crippen molar-refractivity contribution in [1.29, 1.82) is 0 Å². The van der Waals surface area contributed by atoms with Gasteiger partial charge < -0.3 is 10.5 Å². The van der Waals surface area contributed by atoms with Crippen LogP contribution in [0.1, 0.15) is 28.7 Å². The third kappa shape index (κ3) is 4.14. The molecule has 2 heteroatoms. The van der Waals surface area contributed by atoms with Gasteiger partial charge in [-0.3, -0.25) is 0 Å². The molecule has 0 aliphatic heterocycles. The summed E-state index contributed by atoms with van der Waals surface area (Å²) < 4.78 is 6.18. The minimum Gasteiger partial charge on any atom is -0.494 e. The van der Waals surface area contributed by atoms with Gasteiger partial charge in [0, 0.05) is 12.0 Å². The van der Waals surface area contributed by atoms with Crippen LogP contribution in [0.3, 0.4) is 0 Å². The lowest BCUT2D eigenvalue weighted by molar-refractivity contribution is 0.286. The maximum absolute atomic E-state index is 6.18. The molecule has 150 valence electrons. The SMILES string of the molecule is NCc1ccc(OCCC(c2ccccc2)(c2ccccc2)c2ccccc2)cc1. The fourth-order valence-corrected chi connectivity index (χ4v) is 4.14. The zero-order valence-corrected chi connectivity index (χ0v) is 17.1. The van der Waals surface area contributed by atoms with Gasteiger partial charge in [0.2, 0.25) is 0 Å². The van der Waals surface area contributed by atoms with Gasteiger partial charge in [0.05, 0.1) is 6.61 Å². The fraction of sp³-hybridized carbons (Fsp3) is 0.143. The molecule has 0 aliphatic carbocycles. The molecule has 0 heterocycles. The second kappa shape index (κ2) is 9.43. The Morgan fingerprint density at radius 3 is 1.40 bits per heavy atom. The van der Waals surface area contributed by atoms with E-state index in [-0.39, 0.29) is 5.41 Å². The Morgan fingerprint density at radius 1 is 0.567 bits per heavy atom. The van der Waals surface area contributed by atoms with Gasteiger partial charge in [0.15, 0.2) is 0 Å². The largest absolute Gasteiger partial charge is 0.494 e. The van der Waals surface area contributed by atoms with E-state index in [2.05, 4.69) is 91.0 Å². The lowest BCUT2D eigenvalue weighted by Crippen LogP contribution is -2.31. The molecule has 2 N–H and O–H groups in total. The van der Waals surface area contributed by atoms with Crippen LogP contribution in [-0.2, 0) is 12.0 Å². The first-order chi connectivity index (χ1) is 14.8. The van der Waals surface area contributed by atoms with Gasteiger partial charge in [0.25, 0.3) is 0 Å². The second-order valence-corrected chi connectivity index (χ2v) is 7.45. The zero-order chi connectivity index (χ0) is 20.7. The molecule has 0 unspecified atom stereocenters. The minimum atomic E-state index is -0.291. The van der Waals surface area contributed by atoms with Crippen molar-refractivity contribution in [3.8, 4) is 5.75 Å². The van der Waals surface area contributed by atoms with Crippen molar-refractivity contribution in [3.63, 3.8) is 0 Å². The van der Waals surface area contributed by atoms with Crippen LogP contribution < -0.4 is 10.5 Å². The lowest BCUT2D eigenvalue weighted by atomic mass is 9.67. The summed E-state index contributed by atoms with van der Waals surface area (Å²) in [7, 11) is 0. The summed E-state index contributed by atoms with van der Waals surface area (Å²) in [6.45, 7) is 1.14. The summed E-state index contributed by atoms with van der Waals surface area (Å²) in [6.07, 6.45) is 0.823. The molecule has 0 saturated heterocycles. The number of benzene rings is 4. The second-order valence-electron chi connectivity index (χ2n) is 7.45. The molecule has 0 saturated carbocycles. The molecule has 0 amide bonds. The van der Waals surface area contributed by atoms with E-state index in [0.717, 1.165) is 17.7 Å². The molecule has 0 aliphatic rings. The highest BCUT2D eigenvalue weighted by Crippen LogP contribution is 2.42. The molecule has 2 nitrogen and oxygen atoms in total. The first kappa shape index (κ1) is 19.9. The van der Waals surface area contributed by atoms with Gasteiger partial charge in [0.1, 0.15) is 5.75 Å². The summed E-state index contributed by atoms with van der Waals surface area (Å²) >= 11 is 0. The highest BCUT2D eigenvalue weighted by molar-refractivity contribution is 5.50. The van der Waals surface area contributed by atoms with E-state index in [1.807, 2.05) is 24.3 Å². The van der Waals surface area contributed by atoms with Gasteiger partial charge in [-0.05, 0) is 40.8 Å². The Morgan fingerprint density at radius 2 is 1.00 bits per heavy atom. The summed E-state index contributed by atoms with van der Waals surface area (Å²) in [6, 6.07) is 40.2. The Bertz CT molecular complexity index is 932. The van der Waals surface area contributed by atoms with E-state index in [4.69, 9.17) is 10.5 Å². The number of ether oxygens (including phenoxy) is 1. The fourth-order valence-electron chi connectivity index (χ4n) is 4.14. The third-order valence-electron chi connectivity index (χ3n) is 5.70. The standard InChI is InChI=1S/C28H27NO/c29-22-23-16-18-27(19-17-23)30-21-20-28(24-10-4-1-5-11-24,25-12-6-2-7-13-25)26-14-8-3-9-15-26/h1-19H,20-22,29H2. The van der Waals surface area contributed by atoms with Gasteiger partial charge in [-0.1, -0.05) is 103 Å². The molecule has 0 aromatic heterocycles. The Hall–Kier alpha value is -3.36. The van der Waals surface area contributed by atoms with Crippen molar-refractivity contribution >= 4 is 0 Å². The summed E-state index contributed by atoms with van der Waals surface area (Å²) in [4.78, 5) is 0. The first-order valence-electron chi connectivity index (χ1n) is 10.4. The number of rotatable bonds is 8. The lowest BCUT2D eigenvalue weighted by Gasteiger charge is -2.36. The molecular formula is C28H27NO. The van der Waals surface area contributed by atoms with Crippen LogP contribution in [-0.4, -0.2) is 6.61 Å². The van der Waals surface area contributed by atoms with E-state index >= 15 is 0 Å². The van der Waals surface area contributed by atoms with E-state index in [1.54, 1.807) is 0 Å². The van der Waals surface area contributed by atoms with Crippen LogP contribution in [0.4, 0.5) is 0 Å². The number of hydrogen-bond acceptors (Lipinski definition) is 2. The molecule has 0 fully saturated rings. The van der Waals surface area contributed by atoms with E-state index in [0.29, 0.717) is 13.2 Å². The van der Waals surface area contributed by atoms with Crippen LogP contribution in [0.15, 0.2) is 115 Å². The average Bonchev–Trinajstić information content (AvgIpc) is 2.84. The van der Waals surface area contributed by atoms with E-state index in [9.17, 15) is 0 Å². The third-order valence-corrected chi connectivity index (χ3v) is 5.70. The molecule has 4 aromatic rings. The first-order valence-corrected chi connectivity index (χ1v) is 10.4.